The maximum absolute atomic E-state index is 11.3. The van der Waals surface area contributed by atoms with E-state index in [9.17, 15) is 4.79 Å². The van der Waals surface area contributed by atoms with Crippen molar-refractivity contribution in [2.24, 2.45) is 0 Å². The van der Waals surface area contributed by atoms with E-state index in [0.717, 1.165) is 11.1 Å². The first-order valence-electron chi connectivity index (χ1n) is 5.70. The number of hydrogen-bond acceptors (Lipinski definition) is 3. The molecule has 0 radical (unpaired) electrons. The summed E-state index contributed by atoms with van der Waals surface area (Å²) in [4.78, 5) is 11.3. The number of rotatable bonds is 2. The highest BCUT2D eigenvalue weighted by Crippen LogP contribution is 2.42. The highest BCUT2D eigenvalue weighted by molar-refractivity contribution is 7.20. The van der Waals surface area contributed by atoms with Gasteiger partial charge in [-0.1, -0.05) is 29.3 Å². The zero-order chi connectivity index (χ0) is 14.3. The first-order valence-corrected chi connectivity index (χ1v) is 7.71. The lowest BCUT2D eigenvalue weighted by molar-refractivity contribution is -0.118. The molecule has 1 amide bonds. The van der Waals surface area contributed by atoms with Crippen LogP contribution in [0.15, 0.2) is 24.3 Å². The molecule has 0 aliphatic carbocycles. The SMILES string of the molecule is O=C1COc2ccc(C(Cl)c3cc(Cl)sc3Cl)cc2N1. The Kier molecular flexibility index (Phi) is 3.82. The van der Waals surface area contributed by atoms with Gasteiger partial charge < -0.3 is 10.1 Å². The van der Waals surface area contributed by atoms with Crippen LogP contribution in [0.4, 0.5) is 5.69 Å². The Bertz CT molecular complexity index is 686. The van der Waals surface area contributed by atoms with Crippen LogP contribution in [0.3, 0.4) is 0 Å². The van der Waals surface area contributed by atoms with Crippen LogP contribution in [0.25, 0.3) is 0 Å². The van der Waals surface area contributed by atoms with E-state index in [1.54, 1.807) is 18.2 Å². The number of carbonyl (C=O) groups is 1. The summed E-state index contributed by atoms with van der Waals surface area (Å²) in [6, 6.07) is 7.16. The average Bonchev–Trinajstić information content (AvgIpc) is 2.76. The number of alkyl halides is 1. The normalized spacial score (nSPS) is 15.2. The van der Waals surface area contributed by atoms with Gasteiger partial charge in [0.05, 0.1) is 19.7 Å². The summed E-state index contributed by atoms with van der Waals surface area (Å²) >= 11 is 19.8. The summed E-state index contributed by atoms with van der Waals surface area (Å²) in [6.45, 7) is 0.0304. The minimum atomic E-state index is -0.435. The number of benzene rings is 1. The smallest absolute Gasteiger partial charge is 0.262 e. The highest BCUT2D eigenvalue weighted by atomic mass is 35.5. The minimum Gasteiger partial charge on any atom is -0.482 e. The maximum atomic E-state index is 11.3. The lowest BCUT2D eigenvalue weighted by Gasteiger charge is -2.19. The van der Waals surface area contributed by atoms with E-state index in [1.165, 1.54) is 11.3 Å². The molecule has 2 aromatic rings. The molecular weight excluding hydrogens is 341 g/mol. The molecule has 3 rings (SSSR count). The number of nitrogens with one attached hydrogen (secondary N) is 1. The van der Waals surface area contributed by atoms with E-state index in [1.807, 2.05) is 6.07 Å². The Hall–Kier alpha value is -0.940. The standard InChI is InChI=1S/C13H8Cl3NO2S/c14-10-4-7(13(16)20-10)12(15)6-1-2-9-8(3-6)17-11(18)5-19-9/h1-4,12H,5H2,(H,17,18). The van der Waals surface area contributed by atoms with Gasteiger partial charge in [-0.3, -0.25) is 4.79 Å². The second-order valence-corrected chi connectivity index (χ2v) is 6.96. The molecule has 1 aromatic carbocycles. The van der Waals surface area contributed by atoms with Gasteiger partial charge in [0, 0.05) is 5.56 Å². The predicted octanol–water partition coefficient (Wildman–Crippen LogP) is 4.71. The molecule has 20 heavy (non-hydrogen) atoms. The van der Waals surface area contributed by atoms with Gasteiger partial charge in [-0.25, -0.2) is 0 Å². The topological polar surface area (TPSA) is 38.3 Å². The number of thiophene rings is 1. The van der Waals surface area contributed by atoms with Crippen LogP contribution in [0, 0.1) is 0 Å². The quantitative estimate of drug-likeness (QED) is 0.798. The van der Waals surface area contributed by atoms with Gasteiger partial charge in [-0.15, -0.1) is 22.9 Å². The lowest BCUT2D eigenvalue weighted by atomic mass is 10.1. The molecule has 0 saturated carbocycles. The van der Waals surface area contributed by atoms with Gasteiger partial charge in [0.15, 0.2) is 6.61 Å². The number of amides is 1. The van der Waals surface area contributed by atoms with Crippen molar-refractivity contribution in [3.8, 4) is 5.75 Å². The summed E-state index contributed by atoms with van der Waals surface area (Å²) in [5, 5.41) is 2.31. The van der Waals surface area contributed by atoms with Gasteiger partial charge in [0.25, 0.3) is 5.91 Å². The molecule has 0 fully saturated rings. The Balaban J connectivity index is 1.96. The summed E-state index contributed by atoms with van der Waals surface area (Å²) in [6.07, 6.45) is 0. The second kappa shape index (κ2) is 5.45. The zero-order valence-corrected chi connectivity index (χ0v) is 13.0. The van der Waals surface area contributed by atoms with Crippen molar-refractivity contribution in [3.05, 3.63) is 44.1 Å². The summed E-state index contributed by atoms with van der Waals surface area (Å²) < 4.78 is 6.45. The lowest BCUT2D eigenvalue weighted by Crippen LogP contribution is -2.25. The Labute approximate surface area is 134 Å². The molecule has 1 aliphatic heterocycles. The number of hydrogen-bond donors (Lipinski definition) is 1. The Morgan fingerprint density at radius 1 is 1.30 bits per heavy atom. The molecule has 1 aliphatic rings. The van der Waals surface area contributed by atoms with E-state index < -0.39 is 5.38 Å². The van der Waals surface area contributed by atoms with Crippen molar-refractivity contribution in [1.29, 1.82) is 0 Å². The van der Waals surface area contributed by atoms with Crippen molar-refractivity contribution in [1.82, 2.24) is 0 Å². The van der Waals surface area contributed by atoms with Gasteiger partial charge >= 0.3 is 0 Å². The molecule has 2 heterocycles. The van der Waals surface area contributed by atoms with E-state index in [-0.39, 0.29) is 12.5 Å². The third kappa shape index (κ3) is 2.61. The van der Waals surface area contributed by atoms with Crippen molar-refractivity contribution in [3.63, 3.8) is 0 Å². The fraction of sp³-hybridized carbons (Fsp3) is 0.154. The molecule has 3 nitrogen and oxygen atoms in total. The molecule has 0 spiro atoms. The van der Waals surface area contributed by atoms with E-state index in [2.05, 4.69) is 5.32 Å². The third-order valence-corrected chi connectivity index (χ3v) is 4.89. The van der Waals surface area contributed by atoms with Crippen molar-refractivity contribution >= 4 is 57.7 Å². The van der Waals surface area contributed by atoms with E-state index >= 15 is 0 Å². The van der Waals surface area contributed by atoms with Crippen molar-refractivity contribution < 1.29 is 9.53 Å². The molecule has 1 N–H and O–H groups in total. The van der Waals surface area contributed by atoms with Crippen LogP contribution >= 0.6 is 46.1 Å². The number of carbonyl (C=O) groups excluding carboxylic acids is 1. The predicted molar refractivity (Wildman–Crippen MR) is 82.6 cm³/mol. The number of fused-ring (bicyclic) bond motifs is 1. The first kappa shape index (κ1) is 14.0. The average molecular weight is 349 g/mol. The zero-order valence-electron chi connectivity index (χ0n) is 9.95. The third-order valence-electron chi connectivity index (χ3n) is 2.89. The van der Waals surface area contributed by atoms with Crippen LogP contribution in [0.2, 0.25) is 8.67 Å². The van der Waals surface area contributed by atoms with E-state index in [0.29, 0.717) is 20.1 Å². The van der Waals surface area contributed by atoms with Crippen molar-refractivity contribution in [2.45, 2.75) is 5.38 Å². The molecule has 0 saturated heterocycles. The van der Waals surface area contributed by atoms with Gasteiger partial charge in [0.1, 0.15) is 5.75 Å². The van der Waals surface area contributed by atoms with Crippen LogP contribution in [0.1, 0.15) is 16.5 Å². The molecule has 7 heteroatoms. The van der Waals surface area contributed by atoms with Crippen LogP contribution in [-0.2, 0) is 4.79 Å². The largest absolute Gasteiger partial charge is 0.482 e. The van der Waals surface area contributed by atoms with Gasteiger partial charge in [-0.05, 0) is 23.8 Å². The maximum Gasteiger partial charge on any atom is 0.262 e. The molecular formula is C13H8Cl3NO2S. The molecule has 1 atom stereocenters. The summed E-state index contributed by atoms with van der Waals surface area (Å²) in [5.74, 6) is 0.448. The Morgan fingerprint density at radius 3 is 2.80 bits per heavy atom. The first-order chi connectivity index (χ1) is 9.54. The minimum absolute atomic E-state index is 0.0304. The molecule has 1 aromatic heterocycles. The number of anilines is 1. The van der Waals surface area contributed by atoms with Crippen LogP contribution in [0.5, 0.6) is 5.75 Å². The summed E-state index contributed by atoms with van der Waals surface area (Å²) in [7, 11) is 0. The summed E-state index contributed by atoms with van der Waals surface area (Å²) in [5.41, 5.74) is 2.18. The molecule has 0 bridgehead atoms. The molecule has 104 valence electrons. The van der Waals surface area contributed by atoms with Crippen molar-refractivity contribution in [2.75, 3.05) is 11.9 Å². The highest BCUT2D eigenvalue weighted by Gasteiger charge is 2.21. The van der Waals surface area contributed by atoms with Crippen LogP contribution < -0.4 is 10.1 Å². The van der Waals surface area contributed by atoms with Crippen LogP contribution in [-0.4, -0.2) is 12.5 Å². The van der Waals surface area contributed by atoms with E-state index in [4.69, 9.17) is 39.5 Å². The monoisotopic (exact) mass is 347 g/mol. The second-order valence-electron chi connectivity index (χ2n) is 4.23. The van der Waals surface area contributed by atoms with Gasteiger partial charge in [0.2, 0.25) is 0 Å². The number of halogens is 3. The fourth-order valence-corrected chi connectivity index (χ4v) is 3.92. The molecule has 1 unspecified atom stereocenters. The van der Waals surface area contributed by atoms with Gasteiger partial charge in [-0.2, -0.15) is 0 Å². The number of ether oxygens (including phenoxy) is 1. The fourth-order valence-electron chi connectivity index (χ4n) is 1.96. The Morgan fingerprint density at radius 2 is 2.10 bits per heavy atom.